The molecular weight excluding hydrogens is 441 g/mol. The molecule has 28 heavy (non-hydrogen) atoms. The van der Waals surface area contributed by atoms with Crippen molar-refractivity contribution in [2.24, 2.45) is 0 Å². The number of fused-ring (bicyclic) bond motifs is 1. The number of carbonyl (C=O) groups is 1. The van der Waals surface area contributed by atoms with Gasteiger partial charge in [-0.05, 0) is 38.1 Å². The maximum Gasteiger partial charge on any atom is 0.262 e. The molecule has 1 amide bonds. The summed E-state index contributed by atoms with van der Waals surface area (Å²) in [6.07, 6.45) is 0. The van der Waals surface area contributed by atoms with E-state index < -0.39 is 0 Å². The quantitative estimate of drug-likeness (QED) is 0.397. The number of benzene rings is 2. The van der Waals surface area contributed by atoms with Crippen LogP contribution in [0.25, 0.3) is 10.9 Å². The summed E-state index contributed by atoms with van der Waals surface area (Å²) in [6, 6.07) is 10.0. The minimum atomic E-state index is -0.325. The molecule has 0 atom stereocenters. The highest BCUT2D eigenvalue weighted by Crippen LogP contribution is 2.34. The van der Waals surface area contributed by atoms with E-state index in [0.717, 1.165) is 0 Å². The van der Waals surface area contributed by atoms with Crippen molar-refractivity contribution in [3.63, 3.8) is 0 Å². The number of hydrogen-bond acceptors (Lipinski definition) is 4. The van der Waals surface area contributed by atoms with Crippen LogP contribution in [-0.2, 0) is 4.79 Å². The lowest BCUT2D eigenvalue weighted by Crippen LogP contribution is -2.25. The summed E-state index contributed by atoms with van der Waals surface area (Å²) in [7, 11) is 0. The highest BCUT2D eigenvalue weighted by molar-refractivity contribution is 7.99. The number of halogens is 3. The van der Waals surface area contributed by atoms with Gasteiger partial charge in [-0.2, -0.15) is 0 Å². The number of nitrogens with one attached hydrogen (secondary N) is 1. The number of anilines is 1. The molecular formula is C19H16Cl3N3O2S. The number of thioether (sulfide) groups is 1. The number of amides is 1. The van der Waals surface area contributed by atoms with E-state index in [2.05, 4.69) is 10.3 Å². The summed E-state index contributed by atoms with van der Waals surface area (Å²) in [5.74, 6) is -0.291. The standard InChI is InChI=1S/C19H16Cl3N3O2S/c1-10(2)25-18(27)12-5-3-4-6-15(12)23-19(25)28-9-16(26)24-17-13(21)7-11(20)8-14(17)22/h3-8,10H,9H2,1-2H3,(H,24,26). The third-order valence-electron chi connectivity index (χ3n) is 3.90. The molecule has 1 N–H and O–H groups in total. The van der Waals surface area contributed by atoms with Gasteiger partial charge in [0.15, 0.2) is 5.16 Å². The van der Waals surface area contributed by atoms with E-state index in [0.29, 0.717) is 26.8 Å². The van der Waals surface area contributed by atoms with Crippen LogP contribution < -0.4 is 10.9 Å². The lowest BCUT2D eigenvalue weighted by atomic mass is 10.2. The van der Waals surface area contributed by atoms with Crippen LogP contribution in [0, 0.1) is 0 Å². The zero-order valence-electron chi connectivity index (χ0n) is 15.0. The first-order valence-corrected chi connectivity index (χ1v) is 10.5. The topological polar surface area (TPSA) is 64.0 Å². The Bertz CT molecular complexity index is 1090. The highest BCUT2D eigenvalue weighted by atomic mass is 35.5. The van der Waals surface area contributed by atoms with E-state index in [9.17, 15) is 9.59 Å². The molecule has 0 saturated heterocycles. The molecule has 0 aliphatic rings. The first-order chi connectivity index (χ1) is 13.3. The Hall–Kier alpha value is -1.73. The Morgan fingerprint density at radius 2 is 1.82 bits per heavy atom. The number of hydrogen-bond donors (Lipinski definition) is 1. The Balaban J connectivity index is 1.84. The van der Waals surface area contributed by atoms with Gasteiger partial charge in [-0.15, -0.1) is 0 Å². The lowest BCUT2D eigenvalue weighted by molar-refractivity contribution is -0.113. The lowest BCUT2D eigenvalue weighted by Gasteiger charge is -2.16. The van der Waals surface area contributed by atoms with E-state index >= 15 is 0 Å². The first kappa shape index (κ1) is 21.0. The Kier molecular flexibility index (Phi) is 6.55. The summed E-state index contributed by atoms with van der Waals surface area (Å²) in [6.45, 7) is 3.80. The van der Waals surface area contributed by atoms with Crippen LogP contribution >= 0.6 is 46.6 Å². The molecule has 3 aromatic rings. The third kappa shape index (κ3) is 4.46. The van der Waals surface area contributed by atoms with Gasteiger partial charge in [0, 0.05) is 11.1 Å². The molecule has 0 unspecified atom stereocenters. The highest BCUT2D eigenvalue weighted by Gasteiger charge is 2.16. The van der Waals surface area contributed by atoms with Crippen LogP contribution in [0.2, 0.25) is 15.1 Å². The Morgan fingerprint density at radius 1 is 1.18 bits per heavy atom. The summed E-state index contributed by atoms with van der Waals surface area (Å²) in [5, 5.41) is 4.58. The maximum absolute atomic E-state index is 12.8. The van der Waals surface area contributed by atoms with Gasteiger partial charge in [0.05, 0.1) is 32.4 Å². The molecule has 3 rings (SSSR count). The van der Waals surface area contributed by atoms with Gasteiger partial charge in [0.2, 0.25) is 5.91 Å². The fraction of sp³-hybridized carbons (Fsp3) is 0.211. The molecule has 0 aliphatic heterocycles. The van der Waals surface area contributed by atoms with Crippen LogP contribution in [0.4, 0.5) is 5.69 Å². The monoisotopic (exact) mass is 455 g/mol. The SMILES string of the molecule is CC(C)n1c(SCC(=O)Nc2c(Cl)cc(Cl)cc2Cl)nc2ccccc2c1=O. The zero-order valence-corrected chi connectivity index (χ0v) is 18.1. The molecule has 0 fully saturated rings. The van der Waals surface area contributed by atoms with E-state index in [-0.39, 0.29) is 33.3 Å². The Morgan fingerprint density at radius 3 is 2.46 bits per heavy atom. The molecule has 1 aromatic heterocycles. The van der Waals surface area contributed by atoms with Gasteiger partial charge >= 0.3 is 0 Å². The number of carbonyl (C=O) groups excluding carboxylic acids is 1. The van der Waals surface area contributed by atoms with Crippen LogP contribution in [0.1, 0.15) is 19.9 Å². The average molecular weight is 457 g/mol. The minimum absolute atomic E-state index is 0.0345. The van der Waals surface area contributed by atoms with Crippen molar-refractivity contribution in [2.45, 2.75) is 25.0 Å². The smallest absolute Gasteiger partial charge is 0.262 e. The van der Waals surface area contributed by atoms with Crippen molar-refractivity contribution in [1.82, 2.24) is 9.55 Å². The zero-order chi connectivity index (χ0) is 20.4. The molecule has 2 aromatic carbocycles. The second kappa shape index (κ2) is 8.74. The molecule has 0 spiro atoms. The average Bonchev–Trinajstić information content (AvgIpc) is 2.62. The van der Waals surface area contributed by atoms with Gasteiger partial charge in [-0.25, -0.2) is 4.98 Å². The molecule has 0 aliphatic carbocycles. The van der Waals surface area contributed by atoms with Crippen molar-refractivity contribution < 1.29 is 4.79 Å². The van der Waals surface area contributed by atoms with Crippen molar-refractivity contribution >= 4 is 69.1 Å². The number of nitrogens with zero attached hydrogens (tertiary/aromatic N) is 2. The molecule has 0 radical (unpaired) electrons. The van der Waals surface area contributed by atoms with Crippen molar-refractivity contribution in [3.8, 4) is 0 Å². The molecule has 5 nitrogen and oxygen atoms in total. The number of para-hydroxylation sites is 1. The molecule has 1 heterocycles. The van der Waals surface area contributed by atoms with Crippen LogP contribution in [0.3, 0.4) is 0 Å². The van der Waals surface area contributed by atoms with E-state index in [1.165, 1.54) is 23.9 Å². The molecule has 0 saturated carbocycles. The van der Waals surface area contributed by atoms with Gasteiger partial charge < -0.3 is 5.32 Å². The predicted molar refractivity (Wildman–Crippen MR) is 117 cm³/mol. The summed E-state index contributed by atoms with van der Waals surface area (Å²) < 4.78 is 1.59. The second-order valence-corrected chi connectivity index (χ2v) is 8.46. The van der Waals surface area contributed by atoms with E-state index in [1.54, 1.807) is 22.8 Å². The van der Waals surface area contributed by atoms with Crippen molar-refractivity contribution in [1.29, 1.82) is 0 Å². The van der Waals surface area contributed by atoms with E-state index in [4.69, 9.17) is 34.8 Å². The van der Waals surface area contributed by atoms with Crippen molar-refractivity contribution in [3.05, 3.63) is 61.8 Å². The van der Waals surface area contributed by atoms with Gasteiger partial charge in [0.25, 0.3) is 5.56 Å². The minimum Gasteiger partial charge on any atom is -0.323 e. The predicted octanol–water partition coefficient (Wildman–Crippen LogP) is 5.67. The fourth-order valence-corrected chi connectivity index (χ4v) is 4.49. The first-order valence-electron chi connectivity index (χ1n) is 8.36. The van der Waals surface area contributed by atoms with Crippen LogP contribution in [0.5, 0.6) is 0 Å². The van der Waals surface area contributed by atoms with Gasteiger partial charge in [0.1, 0.15) is 0 Å². The second-order valence-electron chi connectivity index (χ2n) is 6.26. The maximum atomic E-state index is 12.8. The fourth-order valence-electron chi connectivity index (χ4n) is 2.65. The summed E-state index contributed by atoms with van der Waals surface area (Å²) in [4.78, 5) is 29.8. The van der Waals surface area contributed by atoms with Gasteiger partial charge in [-0.3, -0.25) is 14.2 Å². The van der Waals surface area contributed by atoms with Crippen molar-refractivity contribution in [2.75, 3.05) is 11.1 Å². The van der Waals surface area contributed by atoms with Crippen LogP contribution in [-0.4, -0.2) is 21.2 Å². The molecule has 9 heteroatoms. The normalized spacial score (nSPS) is 11.2. The van der Waals surface area contributed by atoms with E-state index in [1.807, 2.05) is 19.9 Å². The van der Waals surface area contributed by atoms with Gasteiger partial charge in [-0.1, -0.05) is 58.7 Å². The largest absolute Gasteiger partial charge is 0.323 e. The Labute approximate surface area is 181 Å². The molecule has 146 valence electrons. The number of aromatic nitrogens is 2. The third-order valence-corrected chi connectivity index (χ3v) is 5.66. The summed E-state index contributed by atoms with van der Waals surface area (Å²) >= 11 is 19.3. The number of rotatable bonds is 5. The molecule has 0 bridgehead atoms. The summed E-state index contributed by atoms with van der Waals surface area (Å²) in [5.41, 5.74) is 0.759. The van der Waals surface area contributed by atoms with Crippen LogP contribution in [0.15, 0.2) is 46.3 Å².